The SMILES string of the molecule is O=C(c1cc([N+](=O)[O-])cc([N+](=O)[O-])c1)C1CCCCC1. The normalized spacial score (nSPS) is 15.8. The Balaban J connectivity index is 2.36. The topological polar surface area (TPSA) is 103 Å². The Kier molecular flexibility index (Phi) is 4.07. The molecule has 0 atom stereocenters. The second-order valence-electron chi connectivity index (χ2n) is 4.95. The molecule has 1 fully saturated rings. The monoisotopic (exact) mass is 278 g/mol. The molecule has 7 heteroatoms. The van der Waals surface area contributed by atoms with Gasteiger partial charge in [-0.1, -0.05) is 19.3 Å². The third-order valence-corrected chi connectivity index (χ3v) is 3.58. The predicted molar refractivity (Wildman–Crippen MR) is 70.7 cm³/mol. The number of hydrogen-bond acceptors (Lipinski definition) is 5. The van der Waals surface area contributed by atoms with E-state index in [0.717, 1.165) is 50.3 Å². The second kappa shape index (κ2) is 5.77. The molecule has 106 valence electrons. The lowest BCUT2D eigenvalue weighted by Crippen LogP contribution is -2.18. The summed E-state index contributed by atoms with van der Waals surface area (Å²) in [6, 6.07) is 3.13. The summed E-state index contributed by atoms with van der Waals surface area (Å²) in [6.07, 6.45) is 4.48. The van der Waals surface area contributed by atoms with E-state index in [2.05, 4.69) is 0 Å². The van der Waals surface area contributed by atoms with Gasteiger partial charge in [0.15, 0.2) is 5.78 Å². The van der Waals surface area contributed by atoms with Gasteiger partial charge in [0.05, 0.1) is 15.9 Å². The molecule has 0 aliphatic heterocycles. The van der Waals surface area contributed by atoms with Gasteiger partial charge in [0.2, 0.25) is 0 Å². The van der Waals surface area contributed by atoms with E-state index >= 15 is 0 Å². The van der Waals surface area contributed by atoms with Crippen molar-refractivity contribution in [3.8, 4) is 0 Å². The summed E-state index contributed by atoms with van der Waals surface area (Å²) in [5, 5.41) is 21.6. The van der Waals surface area contributed by atoms with Crippen LogP contribution in [0.1, 0.15) is 42.5 Å². The first-order valence-corrected chi connectivity index (χ1v) is 6.47. The van der Waals surface area contributed by atoms with Gasteiger partial charge in [-0.2, -0.15) is 0 Å². The Morgan fingerprint density at radius 3 is 1.90 bits per heavy atom. The molecule has 1 aromatic carbocycles. The summed E-state index contributed by atoms with van der Waals surface area (Å²) < 4.78 is 0. The zero-order chi connectivity index (χ0) is 14.7. The van der Waals surface area contributed by atoms with Gasteiger partial charge in [-0.05, 0) is 12.8 Å². The molecule has 1 aliphatic rings. The van der Waals surface area contributed by atoms with Crippen LogP contribution in [0.4, 0.5) is 11.4 Å². The van der Waals surface area contributed by atoms with E-state index in [0.29, 0.717) is 0 Å². The predicted octanol–water partition coefficient (Wildman–Crippen LogP) is 3.27. The number of carbonyl (C=O) groups is 1. The highest BCUT2D eigenvalue weighted by Gasteiger charge is 2.26. The van der Waals surface area contributed by atoms with Crippen LogP contribution in [0.25, 0.3) is 0 Å². The molecular formula is C13H14N2O5. The summed E-state index contributed by atoms with van der Waals surface area (Å²) in [6.45, 7) is 0. The Labute approximate surface area is 114 Å². The van der Waals surface area contributed by atoms with Crippen LogP contribution in [0.2, 0.25) is 0 Å². The first-order valence-electron chi connectivity index (χ1n) is 6.47. The summed E-state index contributed by atoms with van der Waals surface area (Å²) in [7, 11) is 0. The van der Waals surface area contributed by atoms with Crippen molar-refractivity contribution in [2.24, 2.45) is 5.92 Å². The number of nitro benzene ring substituents is 2. The summed E-state index contributed by atoms with van der Waals surface area (Å²) in [5.74, 6) is -0.401. The maximum absolute atomic E-state index is 12.3. The molecular weight excluding hydrogens is 264 g/mol. The Morgan fingerprint density at radius 2 is 1.45 bits per heavy atom. The van der Waals surface area contributed by atoms with Crippen LogP contribution in [0.3, 0.4) is 0 Å². The van der Waals surface area contributed by atoms with Crippen molar-refractivity contribution >= 4 is 17.2 Å². The molecule has 0 saturated heterocycles. The first kappa shape index (κ1) is 14.1. The maximum Gasteiger partial charge on any atom is 0.277 e. The molecule has 7 nitrogen and oxygen atoms in total. The third kappa shape index (κ3) is 2.98. The molecule has 0 N–H and O–H groups in total. The average molecular weight is 278 g/mol. The van der Waals surface area contributed by atoms with Gasteiger partial charge in [0.1, 0.15) is 0 Å². The fourth-order valence-corrected chi connectivity index (χ4v) is 2.55. The fraction of sp³-hybridized carbons (Fsp3) is 0.462. The van der Waals surface area contributed by atoms with Crippen molar-refractivity contribution in [2.45, 2.75) is 32.1 Å². The van der Waals surface area contributed by atoms with Gasteiger partial charge in [-0.25, -0.2) is 0 Å². The van der Waals surface area contributed by atoms with Crippen molar-refractivity contribution in [1.29, 1.82) is 0 Å². The van der Waals surface area contributed by atoms with Crippen molar-refractivity contribution < 1.29 is 14.6 Å². The number of Topliss-reactive ketones (excluding diaryl/α,β-unsaturated/α-hetero) is 1. The molecule has 0 aromatic heterocycles. The summed E-state index contributed by atoms with van der Waals surface area (Å²) in [4.78, 5) is 32.5. The van der Waals surface area contributed by atoms with Crippen LogP contribution in [-0.2, 0) is 0 Å². The standard InChI is InChI=1S/C13H14N2O5/c16-13(9-4-2-1-3-5-9)10-6-11(14(17)18)8-12(7-10)15(19)20/h6-9H,1-5H2. The van der Waals surface area contributed by atoms with Crippen LogP contribution in [0, 0.1) is 26.1 Å². The van der Waals surface area contributed by atoms with E-state index in [4.69, 9.17) is 0 Å². The highest BCUT2D eigenvalue weighted by molar-refractivity contribution is 5.99. The number of ketones is 1. The highest BCUT2D eigenvalue weighted by atomic mass is 16.6. The van der Waals surface area contributed by atoms with Gasteiger partial charge in [0.25, 0.3) is 11.4 Å². The van der Waals surface area contributed by atoms with E-state index in [1.165, 1.54) is 0 Å². The van der Waals surface area contributed by atoms with E-state index in [1.54, 1.807) is 0 Å². The second-order valence-corrected chi connectivity index (χ2v) is 4.95. The maximum atomic E-state index is 12.3. The lowest BCUT2D eigenvalue weighted by Gasteiger charge is -2.20. The van der Waals surface area contributed by atoms with Crippen molar-refractivity contribution in [3.05, 3.63) is 44.0 Å². The zero-order valence-corrected chi connectivity index (χ0v) is 10.8. The van der Waals surface area contributed by atoms with E-state index in [-0.39, 0.29) is 17.3 Å². The van der Waals surface area contributed by atoms with Gasteiger partial charge < -0.3 is 0 Å². The summed E-state index contributed by atoms with van der Waals surface area (Å²) in [5.41, 5.74) is -0.769. The zero-order valence-electron chi connectivity index (χ0n) is 10.8. The van der Waals surface area contributed by atoms with Crippen molar-refractivity contribution in [3.63, 3.8) is 0 Å². The average Bonchev–Trinajstić information content (AvgIpc) is 2.46. The van der Waals surface area contributed by atoms with Gasteiger partial charge in [0, 0.05) is 23.6 Å². The van der Waals surface area contributed by atoms with E-state index in [9.17, 15) is 25.0 Å². The van der Waals surface area contributed by atoms with Crippen LogP contribution < -0.4 is 0 Å². The van der Waals surface area contributed by atoms with Crippen molar-refractivity contribution in [2.75, 3.05) is 0 Å². The van der Waals surface area contributed by atoms with Crippen LogP contribution in [0.15, 0.2) is 18.2 Å². The third-order valence-electron chi connectivity index (χ3n) is 3.58. The lowest BCUT2D eigenvalue weighted by molar-refractivity contribution is -0.394. The Bertz CT molecular complexity index is 532. The molecule has 1 saturated carbocycles. The molecule has 0 heterocycles. The highest BCUT2D eigenvalue weighted by Crippen LogP contribution is 2.30. The minimum atomic E-state index is -0.718. The smallest absolute Gasteiger partial charge is 0.277 e. The minimum absolute atomic E-state index is 0.0674. The van der Waals surface area contributed by atoms with E-state index < -0.39 is 21.2 Å². The first-order chi connectivity index (χ1) is 9.49. The van der Waals surface area contributed by atoms with Crippen LogP contribution in [-0.4, -0.2) is 15.6 Å². The Morgan fingerprint density at radius 1 is 0.950 bits per heavy atom. The molecule has 0 unspecified atom stereocenters. The lowest BCUT2D eigenvalue weighted by atomic mass is 9.84. The molecule has 0 spiro atoms. The van der Waals surface area contributed by atoms with Gasteiger partial charge in [-0.3, -0.25) is 25.0 Å². The largest absolute Gasteiger partial charge is 0.294 e. The van der Waals surface area contributed by atoms with Gasteiger partial charge >= 0.3 is 0 Å². The number of nitrogens with zero attached hydrogens (tertiary/aromatic N) is 2. The van der Waals surface area contributed by atoms with Gasteiger partial charge in [-0.15, -0.1) is 0 Å². The minimum Gasteiger partial charge on any atom is -0.294 e. The molecule has 20 heavy (non-hydrogen) atoms. The number of carbonyl (C=O) groups excluding carboxylic acids is 1. The Hall–Kier alpha value is -2.31. The number of benzene rings is 1. The molecule has 2 rings (SSSR count). The molecule has 1 aliphatic carbocycles. The van der Waals surface area contributed by atoms with E-state index in [1.807, 2.05) is 0 Å². The molecule has 0 amide bonds. The van der Waals surface area contributed by atoms with Crippen molar-refractivity contribution in [1.82, 2.24) is 0 Å². The number of nitro groups is 2. The molecule has 0 bridgehead atoms. The molecule has 1 aromatic rings. The molecule has 0 radical (unpaired) electrons. The number of rotatable bonds is 4. The number of non-ortho nitro benzene ring substituents is 2. The number of hydrogen-bond donors (Lipinski definition) is 0. The quantitative estimate of drug-likeness (QED) is 0.477. The fourth-order valence-electron chi connectivity index (χ4n) is 2.55. The summed E-state index contributed by atoms with van der Waals surface area (Å²) >= 11 is 0. The van der Waals surface area contributed by atoms with Crippen LogP contribution >= 0.6 is 0 Å². The van der Waals surface area contributed by atoms with Crippen LogP contribution in [0.5, 0.6) is 0 Å².